The highest BCUT2D eigenvalue weighted by molar-refractivity contribution is 9.10. The molecule has 0 aromatic heterocycles. The number of hydrogen-bond acceptors (Lipinski definition) is 2. The maximum atomic E-state index is 11.7. The molecule has 1 aromatic rings. The average Bonchev–Trinajstić information content (AvgIpc) is 3.14. The van der Waals surface area contributed by atoms with Gasteiger partial charge in [-0.1, -0.05) is 15.9 Å². The minimum absolute atomic E-state index is 0.0160. The Hall–Kier alpha value is -1.36. The van der Waals surface area contributed by atoms with E-state index in [1.807, 2.05) is 25.1 Å². The Morgan fingerprint density at radius 3 is 2.72 bits per heavy atom. The molecule has 0 saturated heterocycles. The van der Waals surface area contributed by atoms with Gasteiger partial charge >= 0.3 is 0 Å². The molecular formula is C13H15BrN2O2. The number of nitrogens with one attached hydrogen (secondary N) is 2. The fraction of sp³-hybridized carbons (Fsp3) is 0.385. The normalized spacial score (nSPS) is 14.1. The lowest BCUT2D eigenvalue weighted by Gasteiger charge is -2.09. The highest BCUT2D eigenvalue weighted by atomic mass is 79.9. The molecular weight excluding hydrogens is 296 g/mol. The van der Waals surface area contributed by atoms with E-state index in [0.717, 1.165) is 28.6 Å². The molecule has 1 aliphatic rings. The van der Waals surface area contributed by atoms with Crippen LogP contribution in [0.3, 0.4) is 0 Å². The number of rotatable bonds is 4. The van der Waals surface area contributed by atoms with Crippen LogP contribution in [-0.4, -0.2) is 18.4 Å². The molecule has 0 unspecified atom stereocenters. The lowest BCUT2D eigenvalue weighted by molar-refractivity contribution is -0.125. The SMILES string of the molecule is Cc1cc(Br)ccc1NC(=O)CNC(=O)C1CC1. The highest BCUT2D eigenvalue weighted by Gasteiger charge is 2.29. The number of anilines is 1. The van der Waals surface area contributed by atoms with Crippen molar-refractivity contribution in [2.75, 3.05) is 11.9 Å². The Kier molecular flexibility index (Phi) is 4.01. The number of amides is 2. The van der Waals surface area contributed by atoms with Gasteiger partial charge < -0.3 is 10.6 Å². The number of aryl methyl sites for hydroxylation is 1. The number of hydrogen-bond donors (Lipinski definition) is 2. The molecule has 0 heterocycles. The molecule has 18 heavy (non-hydrogen) atoms. The first-order valence-electron chi connectivity index (χ1n) is 5.90. The second kappa shape index (κ2) is 5.52. The van der Waals surface area contributed by atoms with Gasteiger partial charge in [0.05, 0.1) is 6.54 Å². The maximum Gasteiger partial charge on any atom is 0.243 e. The van der Waals surface area contributed by atoms with Crippen LogP contribution < -0.4 is 10.6 Å². The van der Waals surface area contributed by atoms with Crippen molar-refractivity contribution in [2.24, 2.45) is 5.92 Å². The molecule has 0 aliphatic heterocycles. The van der Waals surface area contributed by atoms with Crippen molar-refractivity contribution in [1.82, 2.24) is 5.32 Å². The summed E-state index contributed by atoms with van der Waals surface area (Å²) in [6, 6.07) is 5.63. The van der Waals surface area contributed by atoms with Crippen LogP contribution in [-0.2, 0) is 9.59 Å². The third kappa shape index (κ3) is 3.57. The minimum Gasteiger partial charge on any atom is -0.347 e. The first-order valence-corrected chi connectivity index (χ1v) is 6.69. The van der Waals surface area contributed by atoms with Gasteiger partial charge in [0, 0.05) is 16.1 Å². The van der Waals surface area contributed by atoms with E-state index in [1.54, 1.807) is 0 Å². The van der Waals surface area contributed by atoms with Gasteiger partial charge in [0.1, 0.15) is 0 Å². The van der Waals surface area contributed by atoms with Crippen molar-refractivity contribution in [2.45, 2.75) is 19.8 Å². The van der Waals surface area contributed by atoms with Gasteiger partial charge in [-0.25, -0.2) is 0 Å². The van der Waals surface area contributed by atoms with Crippen LogP contribution >= 0.6 is 15.9 Å². The molecule has 1 saturated carbocycles. The van der Waals surface area contributed by atoms with E-state index < -0.39 is 0 Å². The van der Waals surface area contributed by atoms with Crippen molar-refractivity contribution in [3.63, 3.8) is 0 Å². The molecule has 2 N–H and O–H groups in total. The predicted molar refractivity (Wildman–Crippen MR) is 73.2 cm³/mol. The third-order valence-corrected chi connectivity index (χ3v) is 3.33. The molecule has 96 valence electrons. The first kappa shape index (κ1) is 13.1. The third-order valence-electron chi connectivity index (χ3n) is 2.83. The molecule has 2 rings (SSSR count). The van der Waals surface area contributed by atoms with Gasteiger partial charge in [0.15, 0.2) is 0 Å². The molecule has 1 aliphatic carbocycles. The number of carbonyl (C=O) groups is 2. The number of carbonyl (C=O) groups excluding carboxylic acids is 2. The number of benzene rings is 1. The Morgan fingerprint density at radius 2 is 2.11 bits per heavy atom. The molecule has 0 spiro atoms. The Labute approximate surface area is 114 Å². The van der Waals surface area contributed by atoms with Gasteiger partial charge in [0.25, 0.3) is 0 Å². The summed E-state index contributed by atoms with van der Waals surface area (Å²) in [6.07, 6.45) is 1.89. The summed E-state index contributed by atoms with van der Waals surface area (Å²) >= 11 is 3.37. The van der Waals surface area contributed by atoms with E-state index in [4.69, 9.17) is 0 Å². The summed E-state index contributed by atoms with van der Waals surface area (Å²) < 4.78 is 0.972. The molecule has 0 atom stereocenters. The van der Waals surface area contributed by atoms with Crippen LogP contribution in [0.1, 0.15) is 18.4 Å². The van der Waals surface area contributed by atoms with Crippen LogP contribution in [0.25, 0.3) is 0 Å². The maximum absolute atomic E-state index is 11.7. The van der Waals surface area contributed by atoms with Gasteiger partial charge in [-0.3, -0.25) is 9.59 Å². The zero-order valence-electron chi connectivity index (χ0n) is 10.1. The van der Waals surface area contributed by atoms with Gasteiger partial charge in [0.2, 0.25) is 11.8 Å². The summed E-state index contributed by atoms with van der Waals surface area (Å²) in [5.41, 5.74) is 1.75. The summed E-state index contributed by atoms with van der Waals surface area (Å²) in [6.45, 7) is 1.95. The van der Waals surface area contributed by atoms with E-state index in [2.05, 4.69) is 26.6 Å². The molecule has 2 amide bonds. The monoisotopic (exact) mass is 310 g/mol. The molecule has 1 aromatic carbocycles. The Balaban J connectivity index is 1.84. The Bertz CT molecular complexity index is 484. The van der Waals surface area contributed by atoms with Gasteiger partial charge in [-0.2, -0.15) is 0 Å². The van der Waals surface area contributed by atoms with Gasteiger partial charge in [-0.05, 0) is 43.5 Å². The lowest BCUT2D eigenvalue weighted by atomic mass is 10.2. The Morgan fingerprint density at radius 1 is 1.39 bits per heavy atom. The fourth-order valence-corrected chi connectivity index (χ4v) is 2.09. The van der Waals surface area contributed by atoms with Crippen molar-refractivity contribution in [1.29, 1.82) is 0 Å². The zero-order chi connectivity index (χ0) is 13.1. The van der Waals surface area contributed by atoms with Crippen molar-refractivity contribution < 1.29 is 9.59 Å². The molecule has 0 radical (unpaired) electrons. The minimum atomic E-state index is -0.200. The zero-order valence-corrected chi connectivity index (χ0v) is 11.7. The molecule has 4 nitrogen and oxygen atoms in total. The van der Waals surface area contributed by atoms with E-state index >= 15 is 0 Å². The van der Waals surface area contributed by atoms with Crippen LogP contribution in [0.5, 0.6) is 0 Å². The van der Waals surface area contributed by atoms with Crippen molar-refractivity contribution >= 4 is 33.4 Å². The number of halogens is 1. The molecule has 0 bridgehead atoms. The van der Waals surface area contributed by atoms with Crippen LogP contribution in [0, 0.1) is 12.8 Å². The van der Waals surface area contributed by atoms with Crippen LogP contribution in [0.4, 0.5) is 5.69 Å². The predicted octanol–water partition coefficient (Wildman–Crippen LogP) is 2.22. The lowest BCUT2D eigenvalue weighted by Crippen LogP contribution is -2.33. The second-order valence-corrected chi connectivity index (χ2v) is 5.42. The molecule has 1 fully saturated rings. The average molecular weight is 311 g/mol. The van der Waals surface area contributed by atoms with E-state index in [1.165, 1.54) is 0 Å². The van der Waals surface area contributed by atoms with Crippen LogP contribution in [0.2, 0.25) is 0 Å². The summed E-state index contributed by atoms with van der Waals surface area (Å²) in [7, 11) is 0. The smallest absolute Gasteiger partial charge is 0.243 e. The summed E-state index contributed by atoms with van der Waals surface area (Å²) in [5.74, 6) is -0.0840. The highest BCUT2D eigenvalue weighted by Crippen LogP contribution is 2.28. The van der Waals surface area contributed by atoms with E-state index in [9.17, 15) is 9.59 Å². The second-order valence-electron chi connectivity index (χ2n) is 4.50. The fourth-order valence-electron chi connectivity index (χ4n) is 1.62. The van der Waals surface area contributed by atoms with E-state index in [-0.39, 0.29) is 24.3 Å². The summed E-state index contributed by atoms with van der Waals surface area (Å²) in [5, 5.41) is 5.41. The quantitative estimate of drug-likeness (QED) is 0.896. The van der Waals surface area contributed by atoms with Crippen LogP contribution in [0.15, 0.2) is 22.7 Å². The van der Waals surface area contributed by atoms with E-state index in [0.29, 0.717) is 0 Å². The molecule has 5 heteroatoms. The van der Waals surface area contributed by atoms with Crippen molar-refractivity contribution in [3.8, 4) is 0 Å². The van der Waals surface area contributed by atoms with Crippen molar-refractivity contribution in [3.05, 3.63) is 28.2 Å². The first-order chi connectivity index (χ1) is 8.56. The topological polar surface area (TPSA) is 58.2 Å². The summed E-state index contributed by atoms with van der Waals surface area (Å²) in [4.78, 5) is 23.0. The van der Waals surface area contributed by atoms with Gasteiger partial charge in [-0.15, -0.1) is 0 Å². The largest absolute Gasteiger partial charge is 0.347 e. The standard InChI is InChI=1S/C13H15BrN2O2/c1-8-6-10(14)4-5-11(8)16-12(17)7-15-13(18)9-2-3-9/h4-6,9H,2-3,7H2,1H3,(H,15,18)(H,16,17).